The first-order valence-corrected chi connectivity index (χ1v) is 6.79. The molecular formula is C16H19N3. The first kappa shape index (κ1) is 12.2. The summed E-state index contributed by atoms with van der Waals surface area (Å²) in [6.07, 6.45) is 2.97. The molecule has 0 aliphatic carbocycles. The van der Waals surface area contributed by atoms with Gasteiger partial charge >= 0.3 is 0 Å². The summed E-state index contributed by atoms with van der Waals surface area (Å²) in [7, 11) is 1.99. The van der Waals surface area contributed by atoms with Crippen LogP contribution < -0.4 is 10.2 Å². The third-order valence-electron chi connectivity index (χ3n) is 3.86. The van der Waals surface area contributed by atoms with Gasteiger partial charge in [0.25, 0.3) is 0 Å². The average Bonchev–Trinajstić information content (AvgIpc) is 2.90. The predicted octanol–water partition coefficient (Wildman–Crippen LogP) is 3.06. The molecule has 0 spiro atoms. The van der Waals surface area contributed by atoms with Crippen molar-refractivity contribution in [2.24, 2.45) is 0 Å². The smallest absolute Gasteiger partial charge is 0.137 e. The van der Waals surface area contributed by atoms with Crippen LogP contribution in [-0.2, 0) is 6.42 Å². The summed E-state index contributed by atoms with van der Waals surface area (Å²) in [5.41, 5.74) is 3.96. The molecule has 3 rings (SSSR count). The minimum absolute atomic E-state index is 0.302. The Kier molecular flexibility index (Phi) is 3.22. The van der Waals surface area contributed by atoms with E-state index in [1.54, 1.807) is 0 Å². The summed E-state index contributed by atoms with van der Waals surface area (Å²) in [5, 5.41) is 3.30. The maximum absolute atomic E-state index is 4.61. The molecule has 1 aliphatic heterocycles. The molecule has 1 aromatic carbocycles. The third-order valence-corrected chi connectivity index (χ3v) is 3.86. The molecule has 0 saturated carbocycles. The SMILES string of the molecule is CNC(C)c1cccnc1N1CCc2ccccc21. The third kappa shape index (κ3) is 2.10. The molecule has 3 nitrogen and oxygen atoms in total. The summed E-state index contributed by atoms with van der Waals surface area (Å²) in [6, 6.07) is 13.1. The lowest BCUT2D eigenvalue weighted by Crippen LogP contribution is -2.21. The van der Waals surface area contributed by atoms with Crippen molar-refractivity contribution in [3.63, 3.8) is 0 Å². The van der Waals surface area contributed by atoms with Crippen molar-refractivity contribution in [1.82, 2.24) is 10.3 Å². The van der Waals surface area contributed by atoms with Crippen LogP contribution in [0.2, 0.25) is 0 Å². The van der Waals surface area contributed by atoms with Gasteiger partial charge in [0.15, 0.2) is 0 Å². The fourth-order valence-corrected chi connectivity index (χ4v) is 2.69. The number of aromatic nitrogens is 1. The molecule has 98 valence electrons. The molecule has 0 saturated heterocycles. The molecule has 2 heterocycles. The van der Waals surface area contributed by atoms with Gasteiger partial charge < -0.3 is 10.2 Å². The average molecular weight is 253 g/mol. The standard InChI is InChI=1S/C16H19N3/c1-12(17-2)14-7-5-10-18-16(14)19-11-9-13-6-3-4-8-15(13)19/h3-8,10,12,17H,9,11H2,1-2H3. The molecule has 2 aromatic rings. The fraction of sp³-hybridized carbons (Fsp3) is 0.312. The first-order valence-electron chi connectivity index (χ1n) is 6.79. The van der Waals surface area contributed by atoms with E-state index in [1.807, 2.05) is 19.3 Å². The lowest BCUT2D eigenvalue weighted by molar-refractivity contribution is 0.648. The minimum Gasteiger partial charge on any atom is -0.326 e. The highest BCUT2D eigenvalue weighted by molar-refractivity contribution is 5.69. The highest BCUT2D eigenvalue weighted by Crippen LogP contribution is 2.36. The largest absolute Gasteiger partial charge is 0.326 e. The van der Waals surface area contributed by atoms with Gasteiger partial charge in [-0.25, -0.2) is 4.98 Å². The van der Waals surface area contributed by atoms with Crippen LogP contribution in [-0.4, -0.2) is 18.6 Å². The highest BCUT2D eigenvalue weighted by atomic mass is 15.2. The molecule has 0 fully saturated rings. The Morgan fingerprint density at radius 1 is 1.21 bits per heavy atom. The Balaban J connectivity index is 2.05. The van der Waals surface area contributed by atoms with Crippen LogP contribution in [0.1, 0.15) is 24.1 Å². The van der Waals surface area contributed by atoms with Gasteiger partial charge in [-0.2, -0.15) is 0 Å². The molecule has 1 aliphatic rings. The van der Waals surface area contributed by atoms with Crippen LogP contribution in [0.5, 0.6) is 0 Å². The number of nitrogens with one attached hydrogen (secondary N) is 1. The van der Waals surface area contributed by atoms with Crippen molar-refractivity contribution in [1.29, 1.82) is 0 Å². The number of anilines is 2. The minimum atomic E-state index is 0.302. The van der Waals surface area contributed by atoms with Crippen LogP contribution in [0.4, 0.5) is 11.5 Å². The Morgan fingerprint density at radius 2 is 2.05 bits per heavy atom. The zero-order valence-electron chi connectivity index (χ0n) is 11.4. The Bertz CT molecular complexity index is 580. The summed E-state index contributed by atoms with van der Waals surface area (Å²) in [5.74, 6) is 1.08. The van der Waals surface area contributed by atoms with E-state index in [0.29, 0.717) is 6.04 Å². The van der Waals surface area contributed by atoms with Crippen molar-refractivity contribution in [2.45, 2.75) is 19.4 Å². The van der Waals surface area contributed by atoms with Crippen molar-refractivity contribution >= 4 is 11.5 Å². The molecule has 0 amide bonds. The lowest BCUT2D eigenvalue weighted by atomic mass is 10.1. The lowest BCUT2D eigenvalue weighted by Gasteiger charge is -2.23. The molecule has 1 unspecified atom stereocenters. The van der Waals surface area contributed by atoms with E-state index in [1.165, 1.54) is 16.8 Å². The second-order valence-corrected chi connectivity index (χ2v) is 4.96. The van der Waals surface area contributed by atoms with Crippen LogP contribution in [0, 0.1) is 0 Å². The predicted molar refractivity (Wildman–Crippen MR) is 78.9 cm³/mol. The van der Waals surface area contributed by atoms with Crippen LogP contribution >= 0.6 is 0 Å². The summed E-state index contributed by atoms with van der Waals surface area (Å²) in [6.45, 7) is 3.18. The normalized spacial score (nSPS) is 15.4. The molecule has 1 atom stereocenters. The Hall–Kier alpha value is -1.87. The van der Waals surface area contributed by atoms with Gasteiger partial charge in [0.05, 0.1) is 0 Å². The first-order chi connectivity index (χ1) is 9.31. The van der Waals surface area contributed by atoms with Crippen LogP contribution in [0.3, 0.4) is 0 Å². The Morgan fingerprint density at radius 3 is 2.89 bits per heavy atom. The number of hydrogen-bond acceptors (Lipinski definition) is 3. The quantitative estimate of drug-likeness (QED) is 0.911. The van der Waals surface area contributed by atoms with Gasteiger partial charge in [-0.05, 0) is 38.1 Å². The molecule has 1 N–H and O–H groups in total. The van der Waals surface area contributed by atoms with E-state index < -0.39 is 0 Å². The van der Waals surface area contributed by atoms with E-state index >= 15 is 0 Å². The second-order valence-electron chi connectivity index (χ2n) is 4.96. The molecular weight excluding hydrogens is 234 g/mol. The molecule has 0 radical (unpaired) electrons. The summed E-state index contributed by atoms with van der Waals surface area (Å²) >= 11 is 0. The highest BCUT2D eigenvalue weighted by Gasteiger charge is 2.23. The van der Waals surface area contributed by atoms with Crippen molar-refractivity contribution in [2.75, 3.05) is 18.5 Å². The van der Waals surface area contributed by atoms with Gasteiger partial charge in [-0.15, -0.1) is 0 Å². The van der Waals surface area contributed by atoms with E-state index in [0.717, 1.165) is 18.8 Å². The topological polar surface area (TPSA) is 28.2 Å². The van der Waals surface area contributed by atoms with Crippen molar-refractivity contribution < 1.29 is 0 Å². The van der Waals surface area contributed by atoms with Crippen LogP contribution in [0.15, 0.2) is 42.6 Å². The number of para-hydroxylation sites is 1. The van der Waals surface area contributed by atoms with Crippen LogP contribution in [0.25, 0.3) is 0 Å². The number of benzene rings is 1. The number of pyridine rings is 1. The zero-order valence-corrected chi connectivity index (χ0v) is 11.4. The van der Waals surface area contributed by atoms with E-state index in [-0.39, 0.29) is 0 Å². The second kappa shape index (κ2) is 5.02. The number of hydrogen-bond donors (Lipinski definition) is 1. The van der Waals surface area contributed by atoms with Gasteiger partial charge in [-0.3, -0.25) is 0 Å². The van der Waals surface area contributed by atoms with Gasteiger partial charge in [0.2, 0.25) is 0 Å². The molecule has 3 heteroatoms. The fourth-order valence-electron chi connectivity index (χ4n) is 2.69. The molecule has 0 bridgehead atoms. The maximum Gasteiger partial charge on any atom is 0.137 e. The maximum atomic E-state index is 4.61. The van der Waals surface area contributed by atoms with Gasteiger partial charge in [-0.1, -0.05) is 24.3 Å². The summed E-state index contributed by atoms with van der Waals surface area (Å²) < 4.78 is 0. The van der Waals surface area contributed by atoms with Crippen molar-refractivity contribution in [3.05, 3.63) is 53.7 Å². The van der Waals surface area contributed by atoms with Crippen molar-refractivity contribution in [3.8, 4) is 0 Å². The number of nitrogens with zero attached hydrogens (tertiary/aromatic N) is 2. The number of fused-ring (bicyclic) bond motifs is 1. The van der Waals surface area contributed by atoms with E-state index in [2.05, 4.69) is 52.5 Å². The molecule has 19 heavy (non-hydrogen) atoms. The number of rotatable bonds is 3. The monoisotopic (exact) mass is 253 g/mol. The van der Waals surface area contributed by atoms with Gasteiger partial charge in [0, 0.05) is 30.0 Å². The molecule has 1 aromatic heterocycles. The summed E-state index contributed by atoms with van der Waals surface area (Å²) in [4.78, 5) is 6.95. The Labute approximate surface area is 114 Å². The van der Waals surface area contributed by atoms with E-state index in [9.17, 15) is 0 Å². The zero-order chi connectivity index (χ0) is 13.2. The van der Waals surface area contributed by atoms with Gasteiger partial charge in [0.1, 0.15) is 5.82 Å². The van der Waals surface area contributed by atoms with E-state index in [4.69, 9.17) is 0 Å².